The summed E-state index contributed by atoms with van der Waals surface area (Å²) in [7, 11) is 0. The normalized spacial score (nSPS) is 13.3. The highest BCUT2D eigenvalue weighted by Crippen LogP contribution is 2.38. The molecule has 180 valence electrons. The number of fused-ring (bicyclic) bond motifs is 1. The van der Waals surface area contributed by atoms with Gasteiger partial charge in [-0.15, -0.1) is 0 Å². The molecule has 4 rings (SSSR count). The maximum Gasteiger partial charge on any atom is 0.0927 e. The lowest BCUT2D eigenvalue weighted by molar-refractivity contribution is 0.135. The van der Waals surface area contributed by atoms with Gasteiger partial charge in [0, 0.05) is 10.4 Å². The van der Waals surface area contributed by atoms with E-state index in [0.29, 0.717) is 17.9 Å². The third-order valence-electron chi connectivity index (χ3n) is 6.06. The minimum Gasteiger partial charge on any atom is -0.388 e. The van der Waals surface area contributed by atoms with Gasteiger partial charge in [-0.2, -0.15) is 0 Å². The molecule has 4 aromatic rings. The lowest BCUT2D eigenvalue weighted by Gasteiger charge is -2.27. The van der Waals surface area contributed by atoms with Crippen molar-refractivity contribution in [3.63, 3.8) is 0 Å². The predicted octanol–water partition coefficient (Wildman–Crippen LogP) is 8.92. The fraction of sp³-hybridized carbons (Fsp3) is 0.207. The molecule has 0 fully saturated rings. The third kappa shape index (κ3) is 6.90. The number of benzene rings is 3. The van der Waals surface area contributed by atoms with E-state index in [-0.39, 0.29) is 5.60 Å². The molecule has 0 amide bonds. The van der Waals surface area contributed by atoms with E-state index in [1.807, 2.05) is 78.9 Å². The van der Waals surface area contributed by atoms with Crippen molar-refractivity contribution in [1.29, 1.82) is 0 Å². The molecule has 2 unspecified atom stereocenters. The second-order valence-electron chi connectivity index (χ2n) is 8.98. The fourth-order valence-corrected chi connectivity index (χ4v) is 6.31. The Balaban J connectivity index is 1.46. The first kappa shape index (κ1) is 26.2. The van der Waals surface area contributed by atoms with Crippen molar-refractivity contribution in [2.24, 2.45) is 0 Å². The molecule has 1 heterocycles. The zero-order valence-electron chi connectivity index (χ0n) is 19.7. The molecule has 35 heavy (non-hydrogen) atoms. The summed E-state index contributed by atoms with van der Waals surface area (Å²) < 4.78 is 5.99. The van der Waals surface area contributed by atoms with Gasteiger partial charge in [-0.05, 0) is 101 Å². The number of hydrogen-bond acceptors (Lipinski definition) is 3. The summed E-state index contributed by atoms with van der Waals surface area (Å²) in [5, 5.41) is 12.7. The Morgan fingerprint density at radius 2 is 1.83 bits per heavy atom. The van der Waals surface area contributed by atoms with E-state index >= 15 is 0 Å². The number of aryl methyl sites for hydroxylation is 1. The molecular weight excluding hydrogens is 588 g/mol. The van der Waals surface area contributed by atoms with Crippen LogP contribution in [0.3, 0.4) is 0 Å². The molecule has 3 aromatic carbocycles. The molecule has 0 aliphatic rings. The summed E-state index contributed by atoms with van der Waals surface area (Å²) in [5.74, 6) is 0. The Morgan fingerprint density at radius 1 is 1.03 bits per heavy atom. The maximum atomic E-state index is 11.0. The lowest BCUT2D eigenvalue weighted by Crippen LogP contribution is -2.19. The Labute approximate surface area is 226 Å². The van der Waals surface area contributed by atoms with Crippen LogP contribution in [0.25, 0.3) is 23.1 Å². The van der Waals surface area contributed by atoms with E-state index in [1.54, 1.807) is 0 Å². The molecule has 0 spiro atoms. The fourth-order valence-electron chi connectivity index (χ4n) is 4.19. The van der Waals surface area contributed by atoms with Gasteiger partial charge in [-0.1, -0.05) is 72.3 Å². The zero-order valence-corrected chi connectivity index (χ0v) is 23.6. The average Bonchev–Trinajstić information content (AvgIpc) is 2.86. The van der Waals surface area contributed by atoms with Crippen LogP contribution in [0.4, 0.5) is 0 Å². The molecular formula is C29H28ClINO2P. The SMILES string of the molecule is CC(C)(OPI)c1ccccc1CCC(O)c1cccc(/C=C/c2ccc3ccc(Cl)cc3n2)c1. The Bertz CT molecular complexity index is 1340. The number of rotatable bonds is 9. The van der Waals surface area contributed by atoms with E-state index in [0.717, 1.165) is 34.1 Å². The van der Waals surface area contributed by atoms with Crippen LogP contribution in [-0.2, 0) is 16.5 Å². The highest BCUT2D eigenvalue weighted by Gasteiger charge is 2.24. The van der Waals surface area contributed by atoms with Gasteiger partial charge >= 0.3 is 0 Å². The number of hydrogen-bond donors (Lipinski definition) is 1. The van der Waals surface area contributed by atoms with Gasteiger partial charge in [0.25, 0.3) is 0 Å². The molecule has 0 aliphatic heterocycles. The lowest BCUT2D eigenvalue weighted by atomic mass is 9.90. The van der Waals surface area contributed by atoms with Crippen LogP contribution in [0, 0.1) is 0 Å². The van der Waals surface area contributed by atoms with Crippen molar-refractivity contribution in [2.75, 3.05) is 0 Å². The quantitative estimate of drug-likeness (QED) is 0.151. The van der Waals surface area contributed by atoms with Crippen LogP contribution >= 0.6 is 40.1 Å². The van der Waals surface area contributed by atoms with Gasteiger partial charge in [0.1, 0.15) is 0 Å². The first-order valence-electron chi connectivity index (χ1n) is 11.5. The van der Waals surface area contributed by atoms with Gasteiger partial charge < -0.3 is 9.63 Å². The second-order valence-corrected chi connectivity index (χ2v) is 11.1. The van der Waals surface area contributed by atoms with Crippen LogP contribution in [-0.4, -0.2) is 10.1 Å². The smallest absolute Gasteiger partial charge is 0.0927 e. The van der Waals surface area contributed by atoms with Crippen molar-refractivity contribution >= 4 is 63.1 Å². The van der Waals surface area contributed by atoms with Crippen LogP contribution < -0.4 is 0 Å². The first-order chi connectivity index (χ1) is 16.9. The number of pyridine rings is 1. The average molecular weight is 616 g/mol. The summed E-state index contributed by atoms with van der Waals surface area (Å²) in [5.41, 5.74) is 5.70. The number of aliphatic hydroxyl groups excluding tert-OH is 1. The van der Waals surface area contributed by atoms with Crippen molar-refractivity contribution in [3.05, 3.63) is 112 Å². The van der Waals surface area contributed by atoms with Crippen molar-refractivity contribution < 1.29 is 9.63 Å². The molecule has 0 saturated heterocycles. The molecule has 2 atom stereocenters. The number of halogens is 2. The predicted molar refractivity (Wildman–Crippen MR) is 158 cm³/mol. The topological polar surface area (TPSA) is 42.4 Å². The van der Waals surface area contributed by atoms with Gasteiger partial charge in [0.05, 0.1) is 29.4 Å². The molecule has 3 nitrogen and oxygen atoms in total. The monoisotopic (exact) mass is 615 g/mol. The largest absolute Gasteiger partial charge is 0.388 e. The molecule has 1 aromatic heterocycles. The van der Waals surface area contributed by atoms with Gasteiger partial charge in [0.2, 0.25) is 0 Å². The molecule has 0 radical (unpaired) electrons. The van der Waals surface area contributed by atoms with Crippen LogP contribution in [0.1, 0.15) is 54.3 Å². The summed E-state index contributed by atoms with van der Waals surface area (Å²) >= 11 is 8.37. The number of aromatic nitrogens is 1. The molecule has 6 heteroatoms. The zero-order chi connectivity index (χ0) is 24.8. The minimum atomic E-state index is -0.548. The minimum absolute atomic E-state index is 0.353. The van der Waals surface area contributed by atoms with Gasteiger partial charge in [-0.3, -0.25) is 0 Å². The molecule has 1 N–H and O–H groups in total. The van der Waals surface area contributed by atoms with E-state index in [4.69, 9.17) is 16.1 Å². The Morgan fingerprint density at radius 3 is 2.66 bits per heavy atom. The highest BCUT2D eigenvalue weighted by atomic mass is 127. The standard InChI is InChI=1S/C29H28ClINO2P/c1-29(2,34-35-31)26-9-4-3-7-21(26)13-17-28(33)23-8-5-6-20(18-23)10-15-25-16-12-22-11-14-24(30)19-27(22)32-25/h3-12,14-16,18-19,28,33,35H,13,17H2,1-2H3/b15-10+. The van der Waals surface area contributed by atoms with Crippen molar-refractivity contribution in [3.8, 4) is 0 Å². The van der Waals surface area contributed by atoms with E-state index in [2.05, 4.69) is 53.0 Å². The van der Waals surface area contributed by atoms with E-state index in [9.17, 15) is 5.11 Å². The number of aliphatic hydroxyl groups is 1. The van der Waals surface area contributed by atoms with Crippen LogP contribution in [0.5, 0.6) is 0 Å². The van der Waals surface area contributed by atoms with Crippen molar-refractivity contribution in [1.82, 2.24) is 4.98 Å². The molecule has 0 saturated carbocycles. The Kier molecular flexibility index (Phi) is 8.96. The van der Waals surface area contributed by atoms with Crippen LogP contribution in [0.2, 0.25) is 5.02 Å². The summed E-state index contributed by atoms with van der Waals surface area (Å²) in [6.07, 6.45) is 4.87. The molecule has 0 bridgehead atoms. The van der Waals surface area contributed by atoms with Crippen molar-refractivity contribution in [2.45, 2.75) is 38.4 Å². The summed E-state index contributed by atoms with van der Waals surface area (Å²) in [6, 6.07) is 26.1. The van der Waals surface area contributed by atoms with Crippen LogP contribution in [0.15, 0.2) is 78.9 Å². The van der Waals surface area contributed by atoms with Gasteiger partial charge in [-0.25, -0.2) is 4.98 Å². The van der Waals surface area contributed by atoms with E-state index < -0.39 is 6.10 Å². The maximum absolute atomic E-state index is 11.0. The Hall–Kier alpha value is -1.82. The highest BCUT2D eigenvalue weighted by molar-refractivity contribution is 14.2. The molecule has 0 aliphatic carbocycles. The second kappa shape index (κ2) is 11.9. The summed E-state index contributed by atoms with van der Waals surface area (Å²) in [4.78, 5) is 4.68. The first-order valence-corrected chi connectivity index (χ1v) is 15.9. The number of nitrogens with zero attached hydrogens (tertiary/aromatic N) is 1. The van der Waals surface area contributed by atoms with E-state index in [1.165, 1.54) is 11.1 Å². The summed E-state index contributed by atoms with van der Waals surface area (Å²) in [6.45, 7) is 4.59. The van der Waals surface area contributed by atoms with Gasteiger partial charge in [0.15, 0.2) is 0 Å². The third-order valence-corrected chi connectivity index (χ3v) is 7.55.